The Kier molecular flexibility index (Phi) is 4.46. The highest BCUT2D eigenvalue weighted by Gasteiger charge is 2.06. The third kappa shape index (κ3) is 3.89. The molecule has 0 unspecified atom stereocenters. The molecule has 1 atom stereocenters. The predicted octanol–water partition coefficient (Wildman–Crippen LogP) is 4.38. The van der Waals surface area contributed by atoms with Crippen LogP contribution in [0.2, 0.25) is 0 Å². The Bertz CT molecular complexity index is 580. The summed E-state index contributed by atoms with van der Waals surface area (Å²) in [5.74, 6) is 1.02. The lowest BCUT2D eigenvalue weighted by atomic mass is 9.93. The maximum atomic E-state index is 9.29. The van der Waals surface area contributed by atoms with E-state index in [0.29, 0.717) is 11.7 Å². The zero-order valence-electron chi connectivity index (χ0n) is 11.9. The maximum absolute atomic E-state index is 9.29. The van der Waals surface area contributed by atoms with Crippen molar-refractivity contribution in [3.05, 3.63) is 65.2 Å². The Balaban J connectivity index is 2.06. The summed E-state index contributed by atoms with van der Waals surface area (Å²) in [6.45, 7) is 4.32. The van der Waals surface area contributed by atoms with E-state index in [1.807, 2.05) is 24.3 Å². The zero-order valence-corrected chi connectivity index (χ0v) is 11.9. The van der Waals surface area contributed by atoms with Crippen LogP contribution in [0.15, 0.2) is 54.1 Å². The largest absolute Gasteiger partial charge is 0.508 e. The van der Waals surface area contributed by atoms with Crippen LogP contribution < -0.4 is 0 Å². The number of allylic oxidation sites excluding steroid dienone is 1. The number of phenolic OH excluding ortho intramolecular Hbond substituents is 2. The predicted molar refractivity (Wildman–Crippen MR) is 82.7 cm³/mol. The first-order chi connectivity index (χ1) is 9.54. The van der Waals surface area contributed by atoms with Crippen LogP contribution in [-0.4, -0.2) is 10.2 Å². The second kappa shape index (κ2) is 6.29. The molecule has 0 spiro atoms. The van der Waals surface area contributed by atoms with E-state index in [1.54, 1.807) is 24.3 Å². The Morgan fingerprint density at radius 1 is 0.950 bits per heavy atom. The van der Waals surface area contributed by atoms with E-state index in [-0.39, 0.29) is 5.75 Å². The van der Waals surface area contributed by atoms with Gasteiger partial charge in [0.2, 0.25) is 0 Å². The average molecular weight is 268 g/mol. The fraction of sp³-hybridized carbons (Fsp3) is 0.222. The van der Waals surface area contributed by atoms with Gasteiger partial charge in [0.15, 0.2) is 0 Å². The molecule has 20 heavy (non-hydrogen) atoms. The first-order valence-corrected chi connectivity index (χ1v) is 6.80. The molecular weight excluding hydrogens is 248 g/mol. The molecule has 0 amide bonds. The van der Waals surface area contributed by atoms with Gasteiger partial charge in [0, 0.05) is 0 Å². The number of hydrogen-bond donors (Lipinski definition) is 2. The van der Waals surface area contributed by atoms with Gasteiger partial charge in [0.25, 0.3) is 0 Å². The zero-order chi connectivity index (χ0) is 14.5. The summed E-state index contributed by atoms with van der Waals surface area (Å²) in [4.78, 5) is 0. The van der Waals surface area contributed by atoms with Crippen molar-refractivity contribution >= 4 is 6.08 Å². The molecular formula is C18H20O2. The van der Waals surface area contributed by atoms with Gasteiger partial charge < -0.3 is 10.2 Å². The van der Waals surface area contributed by atoms with Crippen molar-refractivity contribution < 1.29 is 10.2 Å². The topological polar surface area (TPSA) is 40.5 Å². The summed E-state index contributed by atoms with van der Waals surface area (Å²) in [5, 5.41) is 18.6. The van der Waals surface area contributed by atoms with Gasteiger partial charge in [-0.2, -0.15) is 0 Å². The second-order valence-electron chi connectivity index (χ2n) is 5.25. The van der Waals surface area contributed by atoms with Gasteiger partial charge in [0.1, 0.15) is 11.5 Å². The molecule has 2 aromatic rings. The van der Waals surface area contributed by atoms with Crippen LogP contribution >= 0.6 is 0 Å². The second-order valence-corrected chi connectivity index (χ2v) is 5.25. The molecule has 0 fully saturated rings. The van der Waals surface area contributed by atoms with Crippen molar-refractivity contribution in [1.82, 2.24) is 0 Å². The highest BCUT2D eigenvalue weighted by atomic mass is 16.3. The standard InChI is InChI=1S/C18H20O2/c1-13(11-15-3-7-17(19)8-4-15)14(2)12-16-5-9-18(20)10-6-16/h3-11,14,19-20H,12H2,1-2H3/t14-/m0/s1. The van der Waals surface area contributed by atoms with E-state index in [9.17, 15) is 10.2 Å². The Morgan fingerprint density at radius 2 is 1.45 bits per heavy atom. The van der Waals surface area contributed by atoms with E-state index < -0.39 is 0 Å². The molecule has 0 saturated heterocycles. The van der Waals surface area contributed by atoms with Crippen LogP contribution in [0.3, 0.4) is 0 Å². The van der Waals surface area contributed by atoms with Crippen molar-refractivity contribution in [2.75, 3.05) is 0 Å². The number of hydrogen-bond acceptors (Lipinski definition) is 2. The summed E-state index contributed by atoms with van der Waals surface area (Å²) in [5.41, 5.74) is 3.61. The fourth-order valence-corrected chi connectivity index (χ4v) is 2.12. The molecule has 2 heteroatoms. The van der Waals surface area contributed by atoms with Crippen molar-refractivity contribution in [1.29, 1.82) is 0 Å². The molecule has 0 radical (unpaired) electrons. The van der Waals surface area contributed by atoms with Gasteiger partial charge in [-0.15, -0.1) is 0 Å². The van der Waals surface area contributed by atoms with Crippen molar-refractivity contribution in [3.63, 3.8) is 0 Å². The van der Waals surface area contributed by atoms with Crippen molar-refractivity contribution in [2.24, 2.45) is 5.92 Å². The molecule has 0 aromatic heterocycles. The van der Waals surface area contributed by atoms with Crippen LogP contribution in [0.4, 0.5) is 0 Å². The summed E-state index contributed by atoms with van der Waals surface area (Å²) < 4.78 is 0. The Hall–Kier alpha value is -2.22. The van der Waals surface area contributed by atoms with Crippen molar-refractivity contribution in [2.45, 2.75) is 20.3 Å². The lowest BCUT2D eigenvalue weighted by Gasteiger charge is -2.13. The normalized spacial score (nSPS) is 13.2. The minimum atomic E-state index is 0.289. The molecule has 0 bridgehead atoms. The third-order valence-corrected chi connectivity index (χ3v) is 3.54. The van der Waals surface area contributed by atoms with Crippen molar-refractivity contribution in [3.8, 4) is 11.5 Å². The van der Waals surface area contributed by atoms with E-state index >= 15 is 0 Å². The molecule has 0 aliphatic carbocycles. The average Bonchev–Trinajstić information content (AvgIpc) is 2.44. The molecule has 0 saturated carbocycles. The molecule has 0 heterocycles. The Morgan fingerprint density at radius 3 is 2.00 bits per heavy atom. The highest BCUT2D eigenvalue weighted by Crippen LogP contribution is 2.21. The number of phenols is 2. The van der Waals surface area contributed by atoms with Gasteiger partial charge in [-0.3, -0.25) is 0 Å². The SMILES string of the molecule is CC(=Cc1ccc(O)cc1)[C@@H](C)Cc1ccc(O)cc1. The van der Waals surface area contributed by atoms with Gasteiger partial charge in [0.05, 0.1) is 0 Å². The smallest absolute Gasteiger partial charge is 0.115 e. The first-order valence-electron chi connectivity index (χ1n) is 6.80. The molecule has 0 aliphatic rings. The van der Waals surface area contributed by atoms with Crippen LogP contribution in [0, 0.1) is 5.92 Å². The maximum Gasteiger partial charge on any atom is 0.115 e. The molecule has 0 aliphatic heterocycles. The monoisotopic (exact) mass is 268 g/mol. The van der Waals surface area contributed by atoms with Gasteiger partial charge in [-0.25, -0.2) is 0 Å². The highest BCUT2D eigenvalue weighted by molar-refractivity contribution is 5.54. The van der Waals surface area contributed by atoms with E-state index in [0.717, 1.165) is 12.0 Å². The van der Waals surface area contributed by atoms with Gasteiger partial charge >= 0.3 is 0 Å². The minimum absolute atomic E-state index is 0.289. The van der Waals surface area contributed by atoms with Crippen LogP contribution in [0.25, 0.3) is 6.08 Å². The first kappa shape index (κ1) is 14.2. The summed E-state index contributed by atoms with van der Waals surface area (Å²) in [6, 6.07) is 14.6. The third-order valence-electron chi connectivity index (χ3n) is 3.54. The number of benzene rings is 2. The van der Waals surface area contributed by atoms with Crippen LogP contribution in [0.5, 0.6) is 11.5 Å². The molecule has 104 valence electrons. The minimum Gasteiger partial charge on any atom is -0.508 e. The summed E-state index contributed by atoms with van der Waals surface area (Å²) in [6.07, 6.45) is 3.09. The summed E-state index contributed by atoms with van der Waals surface area (Å²) in [7, 11) is 0. The molecule has 2 aromatic carbocycles. The Labute approximate surface area is 120 Å². The quantitative estimate of drug-likeness (QED) is 0.864. The number of aromatic hydroxyl groups is 2. The number of rotatable bonds is 4. The van der Waals surface area contributed by atoms with Crippen LogP contribution in [-0.2, 0) is 6.42 Å². The van der Waals surface area contributed by atoms with Crippen LogP contribution in [0.1, 0.15) is 25.0 Å². The molecule has 2 N–H and O–H groups in total. The van der Waals surface area contributed by atoms with E-state index in [1.165, 1.54) is 11.1 Å². The van der Waals surface area contributed by atoms with Gasteiger partial charge in [-0.1, -0.05) is 42.8 Å². The molecule has 2 rings (SSSR count). The lowest BCUT2D eigenvalue weighted by molar-refractivity contribution is 0.474. The van der Waals surface area contributed by atoms with Gasteiger partial charge in [-0.05, 0) is 54.7 Å². The lowest BCUT2D eigenvalue weighted by Crippen LogP contribution is -2.01. The molecule has 2 nitrogen and oxygen atoms in total. The van der Waals surface area contributed by atoms with E-state index in [4.69, 9.17) is 0 Å². The fourth-order valence-electron chi connectivity index (χ4n) is 2.12. The summed E-state index contributed by atoms with van der Waals surface area (Å²) >= 11 is 0. The van der Waals surface area contributed by atoms with E-state index in [2.05, 4.69) is 19.9 Å².